The molecule has 0 aliphatic heterocycles. The molecule has 1 N–H and O–H groups in total. The highest BCUT2D eigenvalue weighted by Gasteiger charge is 2.10. The minimum absolute atomic E-state index is 0.373. The lowest BCUT2D eigenvalue weighted by Crippen LogP contribution is -2.21. The molecular weight excluding hydrogens is 144 g/mol. The van der Waals surface area contributed by atoms with Crippen molar-refractivity contribution in [3.8, 4) is 0 Å². The van der Waals surface area contributed by atoms with Crippen molar-refractivity contribution in [3.63, 3.8) is 0 Å². The van der Waals surface area contributed by atoms with Gasteiger partial charge in [0.25, 0.3) is 0 Å². The Hall–Kier alpha value is -0.570. The number of aliphatic hydroxyl groups is 1. The molecule has 0 aromatic carbocycles. The Morgan fingerprint density at radius 1 is 1.55 bits per heavy atom. The van der Waals surface area contributed by atoms with Crippen LogP contribution in [0, 0.1) is 5.92 Å². The molecule has 0 heterocycles. The molecule has 0 aliphatic rings. The topological polar surface area (TPSA) is 46.5 Å². The first-order valence-electron chi connectivity index (χ1n) is 3.92. The van der Waals surface area contributed by atoms with Crippen LogP contribution in [-0.2, 0) is 9.53 Å². The Kier molecular flexibility index (Phi) is 4.86. The zero-order valence-corrected chi connectivity index (χ0v) is 7.33. The van der Waals surface area contributed by atoms with Crippen LogP contribution in [0.25, 0.3) is 0 Å². The number of carbonyl (C=O) groups excluding carboxylic acids is 1. The van der Waals surface area contributed by atoms with Gasteiger partial charge >= 0.3 is 5.97 Å². The minimum Gasteiger partial charge on any atom is -0.463 e. The Bertz CT molecular complexity index is 121. The summed E-state index contributed by atoms with van der Waals surface area (Å²) in [5, 5.41) is 8.73. The summed E-state index contributed by atoms with van der Waals surface area (Å²) in [7, 11) is 0. The van der Waals surface area contributed by atoms with Crippen molar-refractivity contribution in [2.24, 2.45) is 5.92 Å². The van der Waals surface area contributed by atoms with Crippen LogP contribution in [0.5, 0.6) is 0 Å². The van der Waals surface area contributed by atoms with Crippen LogP contribution in [-0.4, -0.2) is 23.8 Å². The second-order valence-electron chi connectivity index (χ2n) is 2.82. The van der Waals surface area contributed by atoms with E-state index in [0.717, 1.165) is 6.42 Å². The number of aliphatic hydroxyl groups excluding tert-OH is 1. The van der Waals surface area contributed by atoms with Crippen LogP contribution in [0.3, 0.4) is 0 Å². The average molecular weight is 160 g/mol. The molecule has 11 heavy (non-hydrogen) atoms. The Morgan fingerprint density at radius 2 is 2.09 bits per heavy atom. The lowest BCUT2D eigenvalue weighted by atomic mass is 10.1. The highest BCUT2D eigenvalue weighted by atomic mass is 16.5. The molecule has 0 saturated heterocycles. The second-order valence-corrected chi connectivity index (χ2v) is 2.82. The molecule has 0 fully saturated rings. The van der Waals surface area contributed by atoms with Gasteiger partial charge in [-0.15, -0.1) is 0 Å². The second kappa shape index (κ2) is 5.13. The standard InChI is InChI=1S/C8H16O3/c1-4-6(2)5-11-8(10)7(3)9/h6-7,9H,4-5H2,1-3H3/t6-,7-/m0/s1. The largest absolute Gasteiger partial charge is 0.463 e. The third kappa shape index (κ3) is 4.79. The molecule has 0 saturated carbocycles. The predicted molar refractivity (Wildman–Crippen MR) is 42.1 cm³/mol. The van der Waals surface area contributed by atoms with E-state index < -0.39 is 12.1 Å². The molecule has 0 aliphatic carbocycles. The first-order chi connectivity index (χ1) is 5.07. The van der Waals surface area contributed by atoms with Crippen LogP contribution in [0.15, 0.2) is 0 Å². The average Bonchev–Trinajstić information content (AvgIpc) is 1.99. The number of hydrogen-bond acceptors (Lipinski definition) is 3. The molecule has 0 bridgehead atoms. The number of hydrogen-bond donors (Lipinski definition) is 1. The van der Waals surface area contributed by atoms with Crippen molar-refractivity contribution >= 4 is 5.97 Å². The van der Waals surface area contributed by atoms with Gasteiger partial charge in [0.15, 0.2) is 0 Å². The van der Waals surface area contributed by atoms with E-state index in [1.165, 1.54) is 6.92 Å². The van der Waals surface area contributed by atoms with E-state index in [2.05, 4.69) is 0 Å². The highest BCUT2D eigenvalue weighted by Crippen LogP contribution is 2.01. The van der Waals surface area contributed by atoms with Gasteiger partial charge in [0.1, 0.15) is 6.10 Å². The number of esters is 1. The van der Waals surface area contributed by atoms with Gasteiger partial charge < -0.3 is 9.84 Å². The van der Waals surface area contributed by atoms with Crippen molar-refractivity contribution in [1.82, 2.24) is 0 Å². The summed E-state index contributed by atoms with van der Waals surface area (Å²) in [6, 6.07) is 0. The third-order valence-corrected chi connectivity index (χ3v) is 1.55. The molecule has 0 aromatic heterocycles. The van der Waals surface area contributed by atoms with E-state index in [9.17, 15) is 4.79 Å². The van der Waals surface area contributed by atoms with Gasteiger partial charge in [-0.3, -0.25) is 0 Å². The Labute approximate surface area is 67.4 Å². The molecule has 2 atom stereocenters. The van der Waals surface area contributed by atoms with E-state index in [0.29, 0.717) is 12.5 Å². The molecule has 0 amide bonds. The molecular formula is C8H16O3. The fraction of sp³-hybridized carbons (Fsp3) is 0.875. The SMILES string of the molecule is CC[C@H](C)COC(=O)[C@H](C)O. The Balaban J connectivity index is 3.46. The van der Waals surface area contributed by atoms with Crippen molar-refractivity contribution < 1.29 is 14.6 Å². The molecule has 0 unspecified atom stereocenters. The molecule has 0 rings (SSSR count). The van der Waals surface area contributed by atoms with Gasteiger partial charge in [-0.05, 0) is 12.8 Å². The van der Waals surface area contributed by atoms with Gasteiger partial charge in [-0.25, -0.2) is 4.79 Å². The summed E-state index contributed by atoms with van der Waals surface area (Å²) >= 11 is 0. The number of ether oxygens (including phenoxy) is 1. The fourth-order valence-electron chi connectivity index (χ4n) is 0.463. The summed E-state index contributed by atoms with van der Waals surface area (Å²) < 4.78 is 4.77. The van der Waals surface area contributed by atoms with Gasteiger partial charge in [0.2, 0.25) is 0 Å². The van der Waals surface area contributed by atoms with E-state index in [1.807, 2.05) is 13.8 Å². The highest BCUT2D eigenvalue weighted by molar-refractivity contribution is 5.73. The zero-order valence-electron chi connectivity index (χ0n) is 7.33. The van der Waals surface area contributed by atoms with Crippen molar-refractivity contribution in [2.75, 3.05) is 6.61 Å². The number of rotatable bonds is 4. The predicted octanol–water partition coefficient (Wildman–Crippen LogP) is 0.956. The fourth-order valence-corrected chi connectivity index (χ4v) is 0.463. The van der Waals surface area contributed by atoms with Crippen molar-refractivity contribution in [1.29, 1.82) is 0 Å². The van der Waals surface area contributed by atoms with Crippen LogP contribution < -0.4 is 0 Å². The maximum Gasteiger partial charge on any atom is 0.334 e. The van der Waals surface area contributed by atoms with Gasteiger partial charge in [-0.2, -0.15) is 0 Å². The van der Waals surface area contributed by atoms with Crippen LogP contribution in [0.2, 0.25) is 0 Å². The third-order valence-electron chi connectivity index (χ3n) is 1.55. The van der Waals surface area contributed by atoms with E-state index in [4.69, 9.17) is 9.84 Å². The molecule has 0 radical (unpaired) electrons. The molecule has 3 nitrogen and oxygen atoms in total. The maximum atomic E-state index is 10.7. The van der Waals surface area contributed by atoms with Gasteiger partial charge in [-0.1, -0.05) is 20.3 Å². The minimum atomic E-state index is -1.00. The Morgan fingerprint density at radius 3 is 2.45 bits per heavy atom. The quantitative estimate of drug-likeness (QED) is 0.623. The van der Waals surface area contributed by atoms with Crippen LogP contribution >= 0.6 is 0 Å². The maximum absolute atomic E-state index is 10.7. The van der Waals surface area contributed by atoms with Crippen molar-refractivity contribution in [3.05, 3.63) is 0 Å². The molecule has 66 valence electrons. The smallest absolute Gasteiger partial charge is 0.334 e. The van der Waals surface area contributed by atoms with Crippen LogP contribution in [0.1, 0.15) is 27.2 Å². The van der Waals surface area contributed by atoms with Gasteiger partial charge in [0, 0.05) is 0 Å². The van der Waals surface area contributed by atoms with E-state index in [-0.39, 0.29) is 0 Å². The van der Waals surface area contributed by atoms with Crippen molar-refractivity contribution in [2.45, 2.75) is 33.3 Å². The lowest BCUT2D eigenvalue weighted by molar-refractivity contribution is -0.153. The van der Waals surface area contributed by atoms with E-state index >= 15 is 0 Å². The monoisotopic (exact) mass is 160 g/mol. The first-order valence-corrected chi connectivity index (χ1v) is 3.92. The van der Waals surface area contributed by atoms with Gasteiger partial charge in [0.05, 0.1) is 6.61 Å². The summed E-state index contributed by atoms with van der Waals surface area (Å²) in [4.78, 5) is 10.7. The summed E-state index contributed by atoms with van der Waals surface area (Å²) in [5.74, 6) is -0.164. The van der Waals surface area contributed by atoms with E-state index in [1.54, 1.807) is 0 Å². The number of carbonyl (C=O) groups is 1. The normalized spacial score (nSPS) is 15.6. The zero-order chi connectivity index (χ0) is 8.85. The first kappa shape index (κ1) is 10.4. The van der Waals surface area contributed by atoms with Crippen LogP contribution in [0.4, 0.5) is 0 Å². The summed E-state index contributed by atoms with van der Waals surface area (Å²) in [6.07, 6.45) is -0.0216. The molecule has 3 heteroatoms. The summed E-state index contributed by atoms with van der Waals surface area (Å²) in [6.45, 7) is 5.83. The summed E-state index contributed by atoms with van der Waals surface area (Å²) in [5.41, 5.74) is 0. The molecule has 0 aromatic rings. The lowest BCUT2D eigenvalue weighted by Gasteiger charge is -2.10. The molecule has 0 spiro atoms.